The van der Waals surface area contributed by atoms with Crippen molar-refractivity contribution in [2.45, 2.75) is 33.2 Å². The maximum absolute atomic E-state index is 12.4. The Morgan fingerprint density at radius 2 is 2.10 bits per heavy atom. The molecule has 1 aliphatic rings. The summed E-state index contributed by atoms with van der Waals surface area (Å²) in [7, 11) is -2.99. The Morgan fingerprint density at radius 3 is 2.67 bits per heavy atom. The van der Waals surface area contributed by atoms with Crippen molar-refractivity contribution in [3.63, 3.8) is 0 Å². The van der Waals surface area contributed by atoms with Crippen molar-refractivity contribution >= 4 is 21.6 Å². The molecule has 116 valence electrons. The first-order chi connectivity index (χ1) is 9.84. The number of nitrogens with one attached hydrogen (secondary N) is 1. The van der Waals surface area contributed by atoms with Gasteiger partial charge in [0.2, 0.25) is 0 Å². The molecule has 0 aromatic heterocycles. The predicted octanol–water partition coefficient (Wildman–Crippen LogP) is 2.34. The summed E-state index contributed by atoms with van der Waals surface area (Å²) in [6, 6.07) is 5.30. The van der Waals surface area contributed by atoms with Crippen molar-refractivity contribution in [1.29, 1.82) is 0 Å². The lowest BCUT2D eigenvalue weighted by atomic mass is 10.1. The van der Waals surface area contributed by atoms with Crippen molar-refractivity contribution in [1.82, 2.24) is 4.90 Å². The summed E-state index contributed by atoms with van der Waals surface area (Å²) in [5, 5.41) is 2.90. The number of urea groups is 1. The number of amides is 2. The summed E-state index contributed by atoms with van der Waals surface area (Å²) in [6.45, 7) is 6.32. The van der Waals surface area contributed by atoms with E-state index in [0.717, 1.165) is 16.8 Å². The molecule has 0 bridgehead atoms. The van der Waals surface area contributed by atoms with Gasteiger partial charge in [-0.25, -0.2) is 13.2 Å². The minimum Gasteiger partial charge on any atom is -0.321 e. The molecule has 1 atom stereocenters. The van der Waals surface area contributed by atoms with Crippen LogP contribution in [-0.2, 0) is 9.84 Å². The third-order valence-corrected chi connectivity index (χ3v) is 5.85. The number of hydrogen-bond acceptors (Lipinski definition) is 3. The van der Waals surface area contributed by atoms with Crippen LogP contribution in [0.5, 0.6) is 0 Å². The standard InChI is InChI=1S/C15H22N2O3S/c1-4-17(13-8-9-21(19,20)10-13)15(18)16-14-7-5-6-11(2)12(14)3/h5-7,13H,4,8-10H2,1-3H3,(H,16,18). The molecular weight excluding hydrogens is 288 g/mol. The monoisotopic (exact) mass is 310 g/mol. The lowest BCUT2D eigenvalue weighted by Gasteiger charge is -2.27. The molecule has 1 aromatic carbocycles. The first-order valence-electron chi connectivity index (χ1n) is 7.18. The maximum atomic E-state index is 12.4. The van der Waals surface area contributed by atoms with Crippen LogP contribution in [-0.4, -0.2) is 43.4 Å². The van der Waals surface area contributed by atoms with Gasteiger partial charge in [0.15, 0.2) is 9.84 Å². The number of benzene rings is 1. The molecule has 1 fully saturated rings. The molecule has 1 unspecified atom stereocenters. The van der Waals surface area contributed by atoms with Crippen molar-refractivity contribution in [3.05, 3.63) is 29.3 Å². The molecule has 5 nitrogen and oxygen atoms in total. The fourth-order valence-electron chi connectivity index (χ4n) is 2.66. The zero-order chi connectivity index (χ0) is 15.6. The zero-order valence-corrected chi connectivity index (χ0v) is 13.5. The van der Waals surface area contributed by atoms with E-state index in [4.69, 9.17) is 0 Å². The molecule has 21 heavy (non-hydrogen) atoms. The van der Waals surface area contributed by atoms with Crippen LogP contribution in [0.25, 0.3) is 0 Å². The van der Waals surface area contributed by atoms with Crippen molar-refractivity contribution in [3.8, 4) is 0 Å². The fraction of sp³-hybridized carbons (Fsp3) is 0.533. The summed E-state index contributed by atoms with van der Waals surface area (Å²) in [5.41, 5.74) is 2.92. The summed E-state index contributed by atoms with van der Waals surface area (Å²) in [4.78, 5) is 14.0. The van der Waals surface area contributed by atoms with Crippen LogP contribution in [0.1, 0.15) is 24.5 Å². The highest BCUT2D eigenvalue weighted by Crippen LogP contribution is 2.21. The van der Waals surface area contributed by atoms with Gasteiger partial charge >= 0.3 is 6.03 Å². The molecule has 1 heterocycles. The molecule has 2 rings (SSSR count). The number of carbonyl (C=O) groups excluding carboxylic acids is 1. The normalized spacial score (nSPS) is 20.2. The van der Waals surface area contributed by atoms with Crippen LogP contribution in [0.15, 0.2) is 18.2 Å². The number of hydrogen-bond donors (Lipinski definition) is 1. The fourth-order valence-corrected chi connectivity index (χ4v) is 4.39. The van der Waals surface area contributed by atoms with Crippen LogP contribution in [0.4, 0.5) is 10.5 Å². The molecular formula is C15H22N2O3S. The summed E-state index contributed by atoms with van der Waals surface area (Å²) in [6.07, 6.45) is 0.524. The average molecular weight is 310 g/mol. The number of rotatable bonds is 3. The Bertz CT molecular complexity index is 640. The molecule has 0 saturated carbocycles. The van der Waals surface area contributed by atoms with E-state index in [-0.39, 0.29) is 23.6 Å². The average Bonchev–Trinajstić information content (AvgIpc) is 2.76. The number of anilines is 1. The van der Waals surface area contributed by atoms with Crippen LogP contribution in [0.2, 0.25) is 0 Å². The minimum atomic E-state index is -2.99. The Labute approximate surface area is 126 Å². The van der Waals surface area contributed by atoms with Gasteiger partial charge in [-0.15, -0.1) is 0 Å². The molecule has 1 N–H and O–H groups in total. The number of sulfone groups is 1. The molecule has 1 saturated heterocycles. The third kappa shape index (κ3) is 3.56. The highest BCUT2D eigenvalue weighted by atomic mass is 32.2. The Morgan fingerprint density at radius 1 is 1.38 bits per heavy atom. The Kier molecular flexibility index (Phi) is 4.56. The highest BCUT2D eigenvalue weighted by Gasteiger charge is 2.34. The highest BCUT2D eigenvalue weighted by molar-refractivity contribution is 7.91. The van der Waals surface area contributed by atoms with E-state index in [9.17, 15) is 13.2 Å². The van der Waals surface area contributed by atoms with Gasteiger partial charge < -0.3 is 10.2 Å². The first kappa shape index (κ1) is 15.8. The minimum absolute atomic E-state index is 0.0705. The van der Waals surface area contributed by atoms with Gasteiger partial charge in [0.25, 0.3) is 0 Å². The molecule has 0 radical (unpaired) electrons. The number of nitrogens with zero attached hydrogens (tertiary/aromatic N) is 1. The van der Waals surface area contributed by atoms with E-state index in [1.807, 2.05) is 39.0 Å². The molecule has 0 spiro atoms. The quantitative estimate of drug-likeness (QED) is 0.932. The van der Waals surface area contributed by atoms with Gasteiger partial charge in [-0.3, -0.25) is 0 Å². The van der Waals surface area contributed by atoms with E-state index in [1.54, 1.807) is 4.90 Å². The summed E-state index contributed by atoms with van der Waals surface area (Å²) >= 11 is 0. The molecule has 1 aliphatic heterocycles. The molecule has 0 aliphatic carbocycles. The van der Waals surface area contributed by atoms with Crippen LogP contribution < -0.4 is 5.32 Å². The maximum Gasteiger partial charge on any atom is 0.322 e. The molecule has 2 amide bonds. The van der Waals surface area contributed by atoms with Crippen molar-refractivity contribution in [2.75, 3.05) is 23.4 Å². The summed E-state index contributed by atoms with van der Waals surface area (Å²) in [5.74, 6) is 0.242. The lowest BCUT2D eigenvalue weighted by Crippen LogP contribution is -2.43. The lowest BCUT2D eigenvalue weighted by molar-refractivity contribution is 0.197. The Balaban J connectivity index is 2.12. The SMILES string of the molecule is CCN(C(=O)Nc1cccc(C)c1C)C1CCS(=O)(=O)C1. The van der Waals surface area contributed by atoms with E-state index >= 15 is 0 Å². The van der Waals surface area contributed by atoms with Gasteiger partial charge in [-0.2, -0.15) is 0 Å². The number of aryl methyl sites for hydroxylation is 1. The summed E-state index contributed by atoms with van der Waals surface area (Å²) < 4.78 is 23.2. The van der Waals surface area contributed by atoms with Crippen molar-refractivity contribution < 1.29 is 13.2 Å². The van der Waals surface area contributed by atoms with Gasteiger partial charge in [0.1, 0.15) is 0 Å². The van der Waals surface area contributed by atoms with E-state index < -0.39 is 9.84 Å². The topological polar surface area (TPSA) is 66.5 Å². The van der Waals surface area contributed by atoms with Crippen molar-refractivity contribution in [2.24, 2.45) is 0 Å². The number of carbonyl (C=O) groups is 1. The van der Waals surface area contributed by atoms with E-state index in [0.29, 0.717) is 13.0 Å². The smallest absolute Gasteiger partial charge is 0.321 e. The second-order valence-electron chi connectivity index (χ2n) is 5.52. The van der Waals surface area contributed by atoms with Gasteiger partial charge in [-0.1, -0.05) is 12.1 Å². The molecule has 6 heteroatoms. The second-order valence-corrected chi connectivity index (χ2v) is 7.75. The van der Waals surface area contributed by atoms with Gasteiger partial charge in [0.05, 0.1) is 11.5 Å². The zero-order valence-electron chi connectivity index (χ0n) is 12.7. The van der Waals surface area contributed by atoms with Crippen LogP contribution in [0.3, 0.4) is 0 Å². The van der Waals surface area contributed by atoms with E-state index in [1.165, 1.54) is 0 Å². The van der Waals surface area contributed by atoms with E-state index in [2.05, 4.69) is 5.32 Å². The Hall–Kier alpha value is -1.56. The van der Waals surface area contributed by atoms with Crippen LogP contribution in [0, 0.1) is 13.8 Å². The predicted molar refractivity (Wildman–Crippen MR) is 84.4 cm³/mol. The van der Waals surface area contributed by atoms with Crippen LogP contribution >= 0.6 is 0 Å². The van der Waals surface area contributed by atoms with Gasteiger partial charge in [-0.05, 0) is 44.4 Å². The second kappa shape index (κ2) is 6.05. The third-order valence-electron chi connectivity index (χ3n) is 4.10. The first-order valence-corrected chi connectivity index (χ1v) is 9.00. The molecule has 1 aromatic rings. The van der Waals surface area contributed by atoms with Gasteiger partial charge in [0, 0.05) is 18.3 Å². The largest absolute Gasteiger partial charge is 0.322 e.